The molecule has 4 atom stereocenters. The normalized spacial score (nSPS) is 27.6. The van der Waals surface area contributed by atoms with Gasteiger partial charge in [0, 0.05) is 40.7 Å². The highest BCUT2D eigenvalue weighted by Crippen LogP contribution is 2.46. The van der Waals surface area contributed by atoms with Crippen LogP contribution in [0.4, 0.5) is 0 Å². The van der Waals surface area contributed by atoms with E-state index in [9.17, 15) is 34.5 Å². The predicted octanol–water partition coefficient (Wildman–Crippen LogP) is 3.06. The Kier molecular flexibility index (Phi) is 7.51. The van der Waals surface area contributed by atoms with Crippen LogP contribution in [0.25, 0.3) is 0 Å². The Bertz CT molecular complexity index is 1440. The molecule has 212 valence electrons. The molecule has 0 spiro atoms. The molecule has 2 bridgehead atoms. The van der Waals surface area contributed by atoms with Crippen LogP contribution in [0.1, 0.15) is 55.6 Å². The zero-order valence-electron chi connectivity index (χ0n) is 23.0. The Balaban J connectivity index is 1.88. The van der Waals surface area contributed by atoms with Crippen molar-refractivity contribution < 1.29 is 48.7 Å². The number of hydrogen-bond acceptors (Lipinski definition) is 10. The summed E-state index contributed by atoms with van der Waals surface area (Å²) in [7, 11) is 0. The molecule has 4 rings (SSSR count). The monoisotopic (exact) mass is 552 g/mol. The molecule has 40 heavy (non-hydrogen) atoms. The van der Waals surface area contributed by atoms with Crippen molar-refractivity contribution in [3.63, 3.8) is 0 Å². The van der Waals surface area contributed by atoms with Crippen LogP contribution >= 0.6 is 0 Å². The lowest BCUT2D eigenvalue weighted by Gasteiger charge is -2.31. The van der Waals surface area contributed by atoms with E-state index < -0.39 is 59.6 Å². The van der Waals surface area contributed by atoms with E-state index in [-0.39, 0.29) is 52.2 Å². The molecule has 1 fully saturated rings. The number of phenols is 2. The van der Waals surface area contributed by atoms with Crippen LogP contribution in [0.15, 0.2) is 52.8 Å². The molecule has 10 nitrogen and oxygen atoms in total. The molecule has 3 aliphatic rings. The number of phenolic OH excluding ortho intramolecular Hbond substituents is 2. The van der Waals surface area contributed by atoms with Crippen LogP contribution in [-0.4, -0.2) is 63.2 Å². The Morgan fingerprint density at radius 1 is 1.23 bits per heavy atom. The summed E-state index contributed by atoms with van der Waals surface area (Å²) in [5, 5.41) is 31.9. The molecule has 1 aromatic carbocycles. The third-order valence-electron chi connectivity index (χ3n) is 7.74. The van der Waals surface area contributed by atoms with Gasteiger partial charge in [-0.2, -0.15) is 0 Å². The molecule has 0 unspecified atom stereocenters. The first-order valence-electron chi connectivity index (χ1n) is 12.8. The fourth-order valence-corrected chi connectivity index (χ4v) is 5.34. The minimum Gasteiger partial charge on any atom is -0.507 e. The molecule has 0 amide bonds. The topological polar surface area (TPSA) is 157 Å². The molecule has 3 aliphatic heterocycles. The summed E-state index contributed by atoms with van der Waals surface area (Å²) in [5.41, 5.74) is -0.863. The van der Waals surface area contributed by atoms with Crippen molar-refractivity contribution in [1.29, 1.82) is 0 Å². The fourth-order valence-electron chi connectivity index (χ4n) is 5.34. The summed E-state index contributed by atoms with van der Waals surface area (Å²) < 4.78 is 17.5. The van der Waals surface area contributed by atoms with Crippen LogP contribution < -0.4 is 0 Å². The molecule has 1 aromatic rings. The van der Waals surface area contributed by atoms with E-state index in [1.807, 2.05) is 0 Å². The molecule has 3 N–H and O–H groups in total. The third-order valence-corrected chi connectivity index (χ3v) is 7.74. The highest BCUT2D eigenvalue weighted by Gasteiger charge is 2.54. The third kappa shape index (κ3) is 4.72. The van der Waals surface area contributed by atoms with Gasteiger partial charge < -0.3 is 29.5 Å². The first kappa shape index (κ1) is 28.8. The summed E-state index contributed by atoms with van der Waals surface area (Å²) in [6.07, 6.45) is 0.433. The summed E-state index contributed by atoms with van der Waals surface area (Å²) in [5.74, 6) is -3.95. The van der Waals surface area contributed by atoms with E-state index >= 15 is 0 Å². The first-order chi connectivity index (χ1) is 18.7. The summed E-state index contributed by atoms with van der Waals surface area (Å²) >= 11 is 0. The second-order valence-corrected chi connectivity index (χ2v) is 10.5. The van der Waals surface area contributed by atoms with Crippen molar-refractivity contribution in [2.45, 2.75) is 65.3 Å². The van der Waals surface area contributed by atoms with E-state index in [2.05, 4.69) is 6.58 Å². The SMILES string of the molecule is C=C1C(=O)O[C@@H]2/C=C(/CO)C3=C(Cc4c(O)c(C)cc(C(C)=O)c4O)C(=O)[C@@](C)(C[C@@H](OC(=O)C(C)=CC)[C@H]12)O3. The van der Waals surface area contributed by atoms with Gasteiger partial charge in [0.25, 0.3) is 0 Å². The summed E-state index contributed by atoms with van der Waals surface area (Å²) in [6, 6.07) is 1.35. The molecule has 10 heteroatoms. The number of ether oxygens (including phenoxy) is 3. The Morgan fingerprint density at radius 3 is 2.50 bits per heavy atom. The Hall–Kier alpha value is -4.18. The van der Waals surface area contributed by atoms with Crippen molar-refractivity contribution in [3.05, 3.63) is 69.5 Å². The number of ketones is 2. The van der Waals surface area contributed by atoms with Gasteiger partial charge in [0.05, 0.1) is 18.1 Å². The zero-order chi connectivity index (χ0) is 29.7. The van der Waals surface area contributed by atoms with E-state index in [1.165, 1.54) is 26.0 Å². The number of esters is 2. The maximum Gasteiger partial charge on any atom is 0.334 e. The van der Waals surface area contributed by atoms with Crippen molar-refractivity contribution in [2.24, 2.45) is 5.92 Å². The van der Waals surface area contributed by atoms with Crippen molar-refractivity contribution >= 4 is 23.5 Å². The lowest BCUT2D eigenvalue weighted by Crippen LogP contribution is -2.43. The molecular formula is C30H32O10. The number of hydrogen-bond donors (Lipinski definition) is 3. The molecule has 1 saturated heterocycles. The number of rotatable bonds is 6. The molecule has 3 heterocycles. The number of aliphatic hydroxyl groups is 1. The quantitative estimate of drug-likeness (QED) is 0.272. The van der Waals surface area contributed by atoms with E-state index in [1.54, 1.807) is 26.8 Å². The average molecular weight is 553 g/mol. The highest BCUT2D eigenvalue weighted by molar-refractivity contribution is 6.06. The maximum atomic E-state index is 14.0. The van der Waals surface area contributed by atoms with Gasteiger partial charge in [0.15, 0.2) is 11.4 Å². The van der Waals surface area contributed by atoms with Gasteiger partial charge in [-0.15, -0.1) is 0 Å². The molecule has 0 aliphatic carbocycles. The number of carbonyl (C=O) groups excluding carboxylic acids is 4. The number of Topliss-reactive ketones (excluding diaryl/α,β-unsaturated/α-hetero) is 2. The number of aliphatic hydroxyl groups excluding tert-OH is 1. The lowest BCUT2D eigenvalue weighted by atomic mass is 9.80. The minimum absolute atomic E-state index is 0.0106. The smallest absolute Gasteiger partial charge is 0.334 e. The predicted molar refractivity (Wildman–Crippen MR) is 141 cm³/mol. The van der Waals surface area contributed by atoms with Crippen molar-refractivity contribution in [1.82, 2.24) is 0 Å². The standard InChI is InChI=1S/C30H32O10/c1-7-13(2)28(36)39-22-11-30(6)27(35)20(10-19-24(33)14(3)8-18(16(5)32)25(19)34)26(40-30)17(12-31)9-21-23(22)15(4)29(37)38-21/h7-9,21-23,31,33-34H,4,10-12H2,1-3,5-6H3/b13-7?,17-9-/t21-,22-,23-,30-/m1/s1. The van der Waals surface area contributed by atoms with Crippen LogP contribution in [0.5, 0.6) is 11.5 Å². The minimum atomic E-state index is -1.62. The second kappa shape index (κ2) is 10.4. The maximum absolute atomic E-state index is 14.0. The Labute approximate surface area is 231 Å². The number of carbonyl (C=O) groups is 4. The van der Waals surface area contributed by atoms with E-state index in [4.69, 9.17) is 14.2 Å². The summed E-state index contributed by atoms with van der Waals surface area (Å²) in [6.45, 7) is 10.8. The van der Waals surface area contributed by atoms with Crippen LogP contribution in [0, 0.1) is 12.8 Å². The number of aryl methyl sites for hydroxylation is 1. The van der Waals surface area contributed by atoms with Crippen LogP contribution in [0.2, 0.25) is 0 Å². The van der Waals surface area contributed by atoms with Crippen molar-refractivity contribution in [3.8, 4) is 11.5 Å². The highest BCUT2D eigenvalue weighted by atomic mass is 16.6. The van der Waals surface area contributed by atoms with Gasteiger partial charge in [-0.05, 0) is 52.3 Å². The number of allylic oxidation sites excluding steroid dienone is 1. The van der Waals surface area contributed by atoms with Gasteiger partial charge in [-0.3, -0.25) is 9.59 Å². The lowest BCUT2D eigenvalue weighted by molar-refractivity contribution is -0.153. The van der Waals surface area contributed by atoms with E-state index in [0.29, 0.717) is 11.1 Å². The van der Waals surface area contributed by atoms with Crippen LogP contribution in [-0.2, 0) is 35.0 Å². The number of fused-ring (bicyclic) bond motifs is 3. The average Bonchev–Trinajstić information content (AvgIpc) is 3.33. The van der Waals surface area contributed by atoms with Gasteiger partial charge in [0.1, 0.15) is 29.5 Å². The zero-order valence-corrected chi connectivity index (χ0v) is 23.0. The van der Waals surface area contributed by atoms with Gasteiger partial charge in [-0.1, -0.05) is 12.7 Å². The number of aromatic hydroxyl groups is 2. The Morgan fingerprint density at radius 2 is 1.90 bits per heavy atom. The fraction of sp³-hybridized carbons (Fsp3) is 0.400. The largest absolute Gasteiger partial charge is 0.507 e. The molecule has 0 radical (unpaired) electrons. The molecular weight excluding hydrogens is 520 g/mol. The molecule has 0 saturated carbocycles. The first-order valence-corrected chi connectivity index (χ1v) is 12.8. The van der Waals surface area contributed by atoms with Crippen molar-refractivity contribution in [2.75, 3.05) is 6.61 Å². The number of benzene rings is 1. The van der Waals surface area contributed by atoms with Gasteiger partial charge >= 0.3 is 11.9 Å². The second-order valence-electron chi connectivity index (χ2n) is 10.5. The van der Waals surface area contributed by atoms with E-state index in [0.717, 1.165) is 0 Å². The van der Waals surface area contributed by atoms with Crippen LogP contribution in [0.3, 0.4) is 0 Å². The van der Waals surface area contributed by atoms with Gasteiger partial charge in [0.2, 0.25) is 5.78 Å². The summed E-state index contributed by atoms with van der Waals surface area (Å²) in [4.78, 5) is 51.4. The molecule has 0 aromatic heterocycles. The van der Waals surface area contributed by atoms with Gasteiger partial charge in [-0.25, -0.2) is 9.59 Å².